The van der Waals surface area contributed by atoms with Crippen molar-refractivity contribution in [1.29, 1.82) is 0 Å². The first-order valence-electron chi connectivity index (χ1n) is 8.57. The third-order valence-corrected chi connectivity index (χ3v) is 7.51. The summed E-state index contributed by atoms with van der Waals surface area (Å²) >= 11 is 0. The molecule has 114 valence electrons. The Morgan fingerprint density at radius 1 is 1.14 bits per heavy atom. The predicted molar refractivity (Wildman–Crippen MR) is 82.6 cm³/mol. The Bertz CT molecular complexity index is 546. The third-order valence-electron chi connectivity index (χ3n) is 7.51. The first-order valence-corrected chi connectivity index (χ1v) is 8.57. The van der Waals surface area contributed by atoms with Crippen LogP contribution in [0, 0.1) is 28.6 Å². The maximum atomic E-state index is 11.7. The van der Waals surface area contributed by atoms with Gasteiger partial charge in [-0.05, 0) is 73.8 Å². The van der Waals surface area contributed by atoms with Gasteiger partial charge in [-0.25, -0.2) is 0 Å². The second-order valence-electron chi connectivity index (χ2n) is 8.24. The summed E-state index contributed by atoms with van der Waals surface area (Å²) in [6.45, 7) is 4.66. The molecule has 3 saturated carbocycles. The van der Waals surface area contributed by atoms with Gasteiger partial charge in [0.05, 0.1) is 6.10 Å². The number of rotatable bonds is 0. The highest BCUT2D eigenvalue weighted by Gasteiger charge is 2.58. The molecule has 0 bridgehead atoms. The lowest BCUT2D eigenvalue weighted by Gasteiger charge is -2.56. The molecule has 0 radical (unpaired) electrons. The van der Waals surface area contributed by atoms with E-state index in [4.69, 9.17) is 0 Å². The van der Waals surface area contributed by atoms with E-state index >= 15 is 0 Å². The molecule has 0 amide bonds. The lowest BCUT2D eigenvalue weighted by Crippen LogP contribution is -2.50. The summed E-state index contributed by atoms with van der Waals surface area (Å²) in [5.41, 5.74) is 1.59. The number of aliphatic hydroxyl groups excluding tert-OH is 1. The minimum Gasteiger partial charge on any atom is -0.393 e. The zero-order valence-electron chi connectivity index (χ0n) is 13.1. The van der Waals surface area contributed by atoms with Crippen molar-refractivity contribution >= 4 is 5.78 Å². The van der Waals surface area contributed by atoms with Crippen LogP contribution >= 0.6 is 0 Å². The molecule has 6 atom stereocenters. The van der Waals surface area contributed by atoms with E-state index in [2.05, 4.69) is 19.9 Å². The molecule has 4 rings (SSSR count). The van der Waals surface area contributed by atoms with Crippen molar-refractivity contribution in [3.05, 3.63) is 23.8 Å². The molecule has 2 nitrogen and oxygen atoms in total. The number of carbonyl (C=O) groups excluding carboxylic acids is 1. The molecule has 0 aliphatic heterocycles. The molecule has 2 heteroatoms. The van der Waals surface area contributed by atoms with Gasteiger partial charge in [0.25, 0.3) is 0 Å². The van der Waals surface area contributed by atoms with Crippen molar-refractivity contribution in [2.45, 2.75) is 58.5 Å². The molecule has 4 aliphatic carbocycles. The van der Waals surface area contributed by atoms with Crippen LogP contribution in [-0.4, -0.2) is 17.0 Å². The van der Waals surface area contributed by atoms with Crippen LogP contribution in [0.5, 0.6) is 0 Å². The van der Waals surface area contributed by atoms with E-state index in [1.807, 2.05) is 6.08 Å². The second kappa shape index (κ2) is 4.32. The largest absolute Gasteiger partial charge is 0.393 e. The number of aliphatic hydroxyl groups is 1. The number of hydrogen-bond acceptors (Lipinski definition) is 2. The summed E-state index contributed by atoms with van der Waals surface area (Å²) in [5.74, 6) is 2.22. The smallest absolute Gasteiger partial charge is 0.178 e. The van der Waals surface area contributed by atoms with Crippen molar-refractivity contribution in [2.24, 2.45) is 28.6 Å². The van der Waals surface area contributed by atoms with Gasteiger partial charge in [0.2, 0.25) is 0 Å². The van der Waals surface area contributed by atoms with Gasteiger partial charge in [-0.3, -0.25) is 4.79 Å². The number of carbonyl (C=O) groups is 1. The monoisotopic (exact) mass is 286 g/mol. The van der Waals surface area contributed by atoms with Crippen LogP contribution in [0.2, 0.25) is 0 Å². The highest BCUT2D eigenvalue weighted by atomic mass is 16.3. The van der Waals surface area contributed by atoms with Crippen molar-refractivity contribution in [3.8, 4) is 0 Å². The Hall–Kier alpha value is -0.890. The van der Waals surface area contributed by atoms with E-state index in [0.29, 0.717) is 11.8 Å². The maximum Gasteiger partial charge on any atom is 0.178 e. The lowest BCUT2D eigenvalue weighted by molar-refractivity contribution is -0.111. The molecule has 0 aromatic heterocycles. The van der Waals surface area contributed by atoms with E-state index in [-0.39, 0.29) is 22.7 Å². The van der Waals surface area contributed by atoms with Gasteiger partial charge in [-0.1, -0.05) is 25.5 Å². The summed E-state index contributed by atoms with van der Waals surface area (Å²) in [6, 6.07) is 0. The van der Waals surface area contributed by atoms with Gasteiger partial charge in [-0.2, -0.15) is 0 Å². The Balaban J connectivity index is 1.70. The quantitative estimate of drug-likeness (QED) is 0.738. The van der Waals surface area contributed by atoms with Crippen molar-refractivity contribution < 1.29 is 9.90 Å². The summed E-state index contributed by atoms with van der Waals surface area (Å²) in [7, 11) is 0. The predicted octanol–water partition coefficient (Wildman–Crippen LogP) is 3.66. The summed E-state index contributed by atoms with van der Waals surface area (Å²) < 4.78 is 0. The Morgan fingerprint density at radius 3 is 2.76 bits per heavy atom. The minimum absolute atomic E-state index is 0.0890. The molecule has 3 fully saturated rings. The molecule has 0 aromatic rings. The fourth-order valence-corrected chi connectivity index (χ4v) is 6.17. The molecular formula is C19H26O2. The van der Waals surface area contributed by atoms with Gasteiger partial charge in [0.15, 0.2) is 5.78 Å². The SMILES string of the molecule is C[C@]12CC[C@@H]3[C@@H](CCC4=CC(=O)C=C[C@]43C)[C@@H]1CC[C@@H]2O. The molecule has 0 spiro atoms. The summed E-state index contributed by atoms with van der Waals surface area (Å²) in [5, 5.41) is 10.4. The second-order valence-corrected chi connectivity index (χ2v) is 8.24. The number of hydrogen-bond donors (Lipinski definition) is 1. The maximum absolute atomic E-state index is 11.7. The molecule has 0 aromatic carbocycles. The molecule has 21 heavy (non-hydrogen) atoms. The van der Waals surface area contributed by atoms with Crippen molar-refractivity contribution in [3.63, 3.8) is 0 Å². The highest BCUT2D eigenvalue weighted by molar-refractivity contribution is 6.01. The van der Waals surface area contributed by atoms with Crippen LogP contribution in [0.1, 0.15) is 52.4 Å². The molecular weight excluding hydrogens is 260 g/mol. The van der Waals surface area contributed by atoms with Crippen LogP contribution in [0.4, 0.5) is 0 Å². The normalized spacial score (nSPS) is 52.0. The molecule has 1 N–H and O–H groups in total. The third kappa shape index (κ3) is 1.72. The fraction of sp³-hybridized carbons (Fsp3) is 0.737. The first-order chi connectivity index (χ1) is 9.95. The Morgan fingerprint density at radius 2 is 1.95 bits per heavy atom. The van der Waals surface area contributed by atoms with Crippen LogP contribution in [0.25, 0.3) is 0 Å². The summed E-state index contributed by atoms with van der Waals surface area (Å²) in [4.78, 5) is 11.7. The molecule has 0 saturated heterocycles. The van der Waals surface area contributed by atoms with Crippen LogP contribution in [0.15, 0.2) is 23.8 Å². The fourth-order valence-electron chi connectivity index (χ4n) is 6.17. The van der Waals surface area contributed by atoms with Crippen LogP contribution < -0.4 is 0 Å². The topological polar surface area (TPSA) is 37.3 Å². The Labute approximate surface area is 127 Å². The van der Waals surface area contributed by atoms with Crippen molar-refractivity contribution in [2.75, 3.05) is 0 Å². The van der Waals surface area contributed by atoms with Crippen LogP contribution in [-0.2, 0) is 4.79 Å². The number of ketones is 1. The molecule has 0 unspecified atom stereocenters. The van der Waals surface area contributed by atoms with E-state index in [1.165, 1.54) is 24.8 Å². The van der Waals surface area contributed by atoms with Gasteiger partial charge in [0.1, 0.15) is 0 Å². The van der Waals surface area contributed by atoms with Gasteiger partial charge >= 0.3 is 0 Å². The van der Waals surface area contributed by atoms with Gasteiger partial charge in [-0.15, -0.1) is 0 Å². The number of allylic oxidation sites excluding steroid dienone is 4. The van der Waals surface area contributed by atoms with Crippen molar-refractivity contribution in [1.82, 2.24) is 0 Å². The lowest BCUT2D eigenvalue weighted by atomic mass is 9.48. The minimum atomic E-state index is -0.100. The zero-order valence-corrected chi connectivity index (χ0v) is 13.1. The standard InChI is InChI=1S/C19H26O2/c1-18-9-7-13(20)11-12(18)3-4-14-15-5-6-17(21)19(15,2)10-8-16(14)18/h7,9,11,14-17,21H,3-6,8,10H2,1-2H3/t14-,15-,16+,17-,18+,19-/m0/s1. The van der Waals surface area contributed by atoms with E-state index in [1.54, 1.807) is 6.08 Å². The average Bonchev–Trinajstić information content (AvgIpc) is 2.76. The first kappa shape index (κ1) is 13.8. The van der Waals surface area contributed by atoms with E-state index in [0.717, 1.165) is 25.2 Å². The van der Waals surface area contributed by atoms with Gasteiger partial charge < -0.3 is 5.11 Å². The summed E-state index contributed by atoms with van der Waals surface area (Å²) in [6.07, 6.45) is 12.6. The molecule has 0 heterocycles. The average molecular weight is 286 g/mol. The molecule has 4 aliphatic rings. The zero-order chi connectivity index (χ0) is 14.8. The Kier molecular flexibility index (Phi) is 2.83. The highest BCUT2D eigenvalue weighted by Crippen LogP contribution is 2.64. The van der Waals surface area contributed by atoms with Crippen LogP contribution in [0.3, 0.4) is 0 Å². The van der Waals surface area contributed by atoms with Gasteiger partial charge in [0, 0.05) is 5.41 Å². The number of fused-ring (bicyclic) bond motifs is 5. The van der Waals surface area contributed by atoms with E-state index < -0.39 is 0 Å². The van der Waals surface area contributed by atoms with E-state index in [9.17, 15) is 9.90 Å².